The van der Waals surface area contributed by atoms with E-state index in [2.05, 4.69) is 45.6 Å². The van der Waals surface area contributed by atoms with Crippen LogP contribution in [0.5, 0.6) is 0 Å². The highest BCUT2D eigenvalue weighted by Crippen LogP contribution is 2.37. The first-order valence-electron chi connectivity index (χ1n) is 6.79. The van der Waals surface area contributed by atoms with Crippen LogP contribution in [-0.2, 0) is 6.54 Å². The molecule has 1 aromatic heterocycles. The summed E-state index contributed by atoms with van der Waals surface area (Å²) in [5, 5.41) is 3.60. The van der Waals surface area contributed by atoms with Crippen LogP contribution in [-0.4, -0.2) is 15.7 Å². The molecule has 0 amide bonds. The summed E-state index contributed by atoms with van der Waals surface area (Å²) in [5.41, 5.74) is 3.55. The van der Waals surface area contributed by atoms with Crippen molar-refractivity contribution >= 4 is 22.8 Å². The van der Waals surface area contributed by atoms with E-state index in [9.17, 15) is 0 Å². The maximum Gasteiger partial charge on any atom is 0.121 e. The Bertz CT molecular complexity index is 717. The van der Waals surface area contributed by atoms with Crippen LogP contribution in [0.15, 0.2) is 53.4 Å². The first-order chi connectivity index (χ1) is 9.90. The number of para-hydroxylation sites is 2. The molecule has 1 aliphatic rings. The van der Waals surface area contributed by atoms with Crippen LogP contribution in [0.3, 0.4) is 0 Å². The molecule has 0 aliphatic carbocycles. The second kappa shape index (κ2) is 4.96. The van der Waals surface area contributed by atoms with Crippen molar-refractivity contribution < 1.29 is 0 Å². The highest BCUT2D eigenvalue weighted by molar-refractivity contribution is 7.99. The lowest BCUT2D eigenvalue weighted by molar-refractivity contribution is 0.571. The van der Waals surface area contributed by atoms with Crippen molar-refractivity contribution in [3.8, 4) is 0 Å². The van der Waals surface area contributed by atoms with Gasteiger partial charge in [0.25, 0.3) is 0 Å². The van der Waals surface area contributed by atoms with Crippen LogP contribution >= 0.6 is 11.8 Å². The number of aromatic nitrogens is 2. The number of benzene rings is 2. The van der Waals surface area contributed by atoms with Gasteiger partial charge in [0.2, 0.25) is 0 Å². The standard InChI is InChI=1S/C16H15N3S/c1-4-8-15-11(5-1)14(10-20-15)17-9-16-18-12-6-2-3-7-13(12)19-16/h1-8,14,17H,9-10H2,(H,18,19). The number of nitrogens with zero attached hydrogens (tertiary/aromatic N) is 1. The molecule has 3 aromatic rings. The van der Waals surface area contributed by atoms with Crippen molar-refractivity contribution in [1.29, 1.82) is 0 Å². The molecule has 2 heterocycles. The summed E-state index contributed by atoms with van der Waals surface area (Å²) in [6.45, 7) is 0.772. The van der Waals surface area contributed by atoms with Gasteiger partial charge in [-0.15, -0.1) is 11.8 Å². The van der Waals surface area contributed by atoms with Crippen LogP contribution in [0.4, 0.5) is 0 Å². The molecule has 2 N–H and O–H groups in total. The Kier molecular flexibility index (Phi) is 2.98. The lowest BCUT2D eigenvalue weighted by Crippen LogP contribution is -2.21. The summed E-state index contributed by atoms with van der Waals surface area (Å²) in [6.07, 6.45) is 0. The van der Waals surface area contributed by atoms with E-state index in [1.54, 1.807) is 0 Å². The number of fused-ring (bicyclic) bond motifs is 2. The molecule has 0 spiro atoms. The molecule has 0 radical (unpaired) electrons. The van der Waals surface area contributed by atoms with Crippen LogP contribution in [0.25, 0.3) is 11.0 Å². The van der Waals surface area contributed by atoms with E-state index < -0.39 is 0 Å². The molecule has 4 rings (SSSR count). The number of hydrogen-bond donors (Lipinski definition) is 2. The van der Waals surface area contributed by atoms with Gasteiger partial charge in [-0.25, -0.2) is 4.98 Å². The third-order valence-corrected chi connectivity index (χ3v) is 4.84. The van der Waals surface area contributed by atoms with Gasteiger partial charge in [0.1, 0.15) is 5.82 Å². The molecular formula is C16H15N3S. The predicted molar refractivity (Wildman–Crippen MR) is 82.8 cm³/mol. The van der Waals surface area contributed by atoms with Gasteiger partial charge in [-0.05, 0) is 23.8 Å². The van der Waals surface area contributed by atoms with Crippen molar-refractivity contribution in [1.82, 2.24) is 15.3 Å². The first-order valence-corrected chi connectivity index (χ1v) is 7.77. The van der Waals surface area contributed by atoms with Gasteiger partial charge in [-0.1, -0.05) is 30.3 Å². The van der Waals surface area contributed by atoms with E-state index in [1.807, 2.05) is 30.0 Å². The Balaban J connectivity index is 1.51. The van der Waals surface area contributed by atoms with E-state index >= 15 is 0 Å². The van der Waals surface area contributed by atoms with Crippen LogP contribution < -0.4 is 5.32 Å². The summed E-state index contributed by atoms with van der Waals surface area (Å²) < 4.78 is 0. The SMILES string of the molecule is c1ccc2c(c1)SCC2NCc1nc2ccccc2[nH]1. The predicted octanol–water partition coefficient (Wildman–Crippen LogP) is 3.50. The Morgan fingerprint density at radius 2 is 2.00 bits per heavy atom. The zero-order valence-electron chi connectivity index (χ0n) is 11.0. The molecule has 1 aliphatic heterocycles. The molecule has 100 valence electrons. The van der Waals surface area contributed by atoms with Crippen molar-refractivity contribution in [2.75, 3.05) is 5.75 Å². The van der Waals surface area contributed by atoms with E-state index in [0.717, 1.165) is 29.2 Å². The Morgan fingerprint density at radius 1 is 1.15 bits per heavy atom. The normalized spacial score (nSPS) is 17.5. The minimum atomic E-state index is 0.421. The van der Waals surface area contributed by atoms with Crippen molar-refractivity contribution in [3.05, 3.63) is 59.9 Å². The Morgan fingerprint density at radius 3 is 2.95 bits per heavy atom. The maximum atomic E-state index is 4.60. The minimum Gasteiger partial charge on any atom is -0.341 e. The topological polar surface area (TPSA) is 40.7 Å². The van der Waals surface area contributed by atoms with E-state index in [1.165, 1.54) is 10.5 Å². The van der Waals surface area contributed by atoms with E-state index in [-0.39, 0.29) is 0 Å². The molecule has 4 heteroatoms. The summed E-state index contributed by atoms with van der Waals surface area (Å²) in [4.78, 5) is 9.37. The molecule has 1 unspecified atom stereocenters. The number of thioether (sulfide) groups is 1. The summed E-state index contributed by atoms with van der Waals surface area (Å²) in [6, 6.07) is 17.2. The lowest BCUT2D eigenvalue weighted by atomic mass is 10.1. The summed E-state index contributed by atoms with van der Waals surface area (Å²) >= 11 is 1.92. The van der Waals surface area contributed by atoms with Crippen molar-refractivity contribution in [2.24, 2.45) is 0 Å². The Hall–Kier alpha value is -1.78. The fraction of sp³-hybridized carbons (Fsp3) is 0.188. The zero-order chi connectivity index (χ0) is 13.4. The molecule has 20 heavy (non-hydrogen) atoms. The fourth-order valence-corrected chi connectivity index (χ4v) is 3.84. The van der Waals surface area contributed by atoms with Crippen LogP contribution in [0.2, 0.25) is 0 Å². The third-order valence-electron chi connectivity index (χ3n) is 3.65. The highest BCUT2D eigenvalue weighted by Gasteiger charge is 2.22. The van der Waals surface area contributed by atoms with Crippen LogP contribution in [0, 0.1) is 0 Å². The van der Waals surface area contributed by atoms with Crippen LogP contribution in [0.1, 0.15) is 17.4 Å². The van der Waals surface area contributed by atoms with Gasteiger partial charge < -0.3 is 10.3 Å². The number of H-pyrrole nitrogens is 1. The lowest BCUT2D eigenvalue weighted by Gasteiger charge is -2.11. The first kappa shape index (κ1) is 12.0. The molecule has 0 saturated heterocycles. The smallest absolute Gasteiger partial charge is 0.121 e. The number of nitrogens with one attached hydrogen (secondary N) is 2. The molecule has 0 saturated carbocycles. The molecule has 1 atom stereocenters. The van der Waals surface area contributed by atoms with Crippen molar-refractivity contribution in [2.45, 2.75) is 17.5 Å². The van der Waals surface area contributed by atoms with Gasteiger partial charge in [0.15, 0.2) is 0 Å². The number of aromatic amines is 1. The van der Waals surface area contributed by atoms with Gasteiger partial charge >= 0.3 is 0 Å². The highest BCUT2D eigenvalue weighted by atomic mass is 32.2. The van der Waals surface area contributed by atoms with Gasteiger partial charge in [0.05, 0.1) is 17.6 Å². The quantitative estimate of drug-likeness (QED) is 0.772. The summed E-state index contributed by atoms with van der Waals surface area (Å²) in [7, 11) is 0. The number of rotatable bonds is 3. The van der Waals surface area contributed by atoms with Gasteiger partial charge in [0, 0.05) is 16.7 Å². The van der Waals surface area contributed by atoms with E-state index in [4.69, 9.17) is 0 Å². The minimum absolute atomic E-state index is 0.421. The molecule has 3 nitrogen and oxygen atoms in total. The van der Waals surface area contributed by atoms with Crippen molar-refractivity contribution in [3.63, 3.8) is 0 Å². The molecule has 0 bridgehead atoms. The number of hydrogen-bond acceptors (Lipinski definition) is 3. The molecular weight excluding hydrogens is 266 g/mol. The molecule has 2 aromatic carbocycles. The molecule has 0 fully saturated rings. The fourth-order valence-electron chi connectivity index (χ4n) is 2.64. The Labute approximate surface area is 121 Å². The average molecular weight is 281 g/mol. The summed E-state index contributed by atoms with van der Waals surface area (Å²) in [5.74, 6) is 2.10. The van der Waals surface area contributed by atoms with E-state index in [0.29, 0.717) is 6.04 Å². The van der Waals surface area contributed by atoms with Gasteiger partial charge in [-0.2, -0.15) is 0 Å². The monoisotopic (exact) mass is 281 g/mol. The maximum absolute atomic E-state index is 4.60. The third kappa shape index (κ3) is 2.11. The average Bonchev–Trinajstić information content (AvgIpc) is 3.08. The number of imidazole rings is 1. The second-order valence-electron chi connectivity index (χ2n) is 4.98. The zero-order valence-corrected chi connectivity index (χ0v) is 11.8. The second-order valence-corrected chi connectivity index (χ2v) is 6.04. The largest absolute Gasteiger partial charge is 0.341 e. The van der Waals surface area contributed by atoms with Gasteiger partial charge in [-0.3, -0.25) is 0 Å².